The summed E-state index contributed by atoms with van der Waals surface area (Å²) in [6.07, 6.45) is 0.744. The topological polar surface area (TPSA) is 38.7 Å². The maximum Gasteiger partial charge on any atom is 0.122 e. The van der Waals surface area contributed by atoms with Gasteiger partial charge in [-0.15, -0.1) is 0 Å². The summed E-state index contributed by atoms with van der Waals surface area (Å²) < 4.78 is 10.6. The number of ether oxygens (including phenoxy) is 2. The van der Waals surface area contributed by atoms with Crippen molar-refractivity contribution in [2.45, 2.75) is 12.3 Å². The Morgan fingerprint density at radius 1 is 1.00 bits per heavy atom. The van der Waals surface area contributed by atoms with Crippen molar-refractivity contribution in [2.24, 2.45) is 0 Å². The van der Waals surface area contributed by atoms with Crippen LogP contribution in [0.2, 0.25) is 0 Å². The van der Waals surface area contributed by atoms with Gasteiger partial charge in [0.1, 0.15) is 11.5 Å². The highest BCUT2D eigenvalue weighted by molar-refractivity contribution is 5.38. The third kappa shape index (κ3) is 3.31. The molecule has 2 aromatic rings. The van der Waals surface area contributed by atoms with Crippen LogP contribution < -0.4 is 9.47 Å². The first kappa shape index (κ1) is 14.4. The van der Waals surface area contributed by atoms with Crippen LogP contribution in [0, 0.1) is 0 Å². The third-order valence-corrected chi connectivity index (χ3v) is 3.42. The van der Waals surface area contributed by atoms with E-state index in [0.29, 0.717) is 0 Å². The number of hydrogen-bond acceptors (Lipinski definition) is 3. The standard InChI is InChI=1S/C17H20O3/c1-19-15-7-5-6-13(11-15)10-14(12-18)16-8-3-4-9-17(16)20-2/h3-9,11,14,18H,10,12H2,1-2H3. The molecule has 0 saturated heterocycles. The highest BCUT2D eigenvalue weighted by Crippen LogP contribution is 2.29. The molecule has 0 aliphatic carbocycles. The van der Waals surface area contributed by atoms with Crippen molar-refractivity contribution in [3.05, 3.63) is 59.7 Å². The van der Waals surface area contributed by atoms with Crippen molar-refractivity contribution in [1.82, 2.24) is 0 Å². The second kappa shape index (κ2) is 6.96. The van der Waals surface area contributed by atoms with Gasteiger partial charge in [-0.25, -0.2) is 0 Å². The second-order valence-electron chi connectivity index (χ2n) is 4.68. The highest BCUT2D eigenvalue weighted by atomic mass is 16.5. The molecule has 2 rings (SSSR count). The van der Waals surface area contributed by atoms with E-state index in [4.69, 9.17) is 9.47 Å². The molecule has 20 heavy (non-hydrogen) atoms. The molecule has 0 bridgehead atoms. The number of hydrogen-bond donors (Lipinski definition) is 1. The average molecular weight is 272 g/mol. The van der Waals surface area contributed by atoms with Crippen LogP contribution in [-0.4, -0.2) is 25.9 Å². The zero-order valence-electron chi connectivity index (χ0n) is 11.9. The maximum atomic E-state index is 9.70. The largest absolute Gasteiger partial charge is 0.497 e. The molecule has 0 aliphatic rings. The molecule has 2 aromatic carbocycles. The van der Waals surface area contributed by atoms with E-state index in [9.17, 15) is 5.11 Å². The first-order valence-electron chi connectivity index (χ1n) is 6.65. The maximum absolute atomic E-state index is 9.70. The summed E-state index contributed by atoms with van der Waals surface area (Å²) in [5, 5.41) is 9.70. The minimum absolute atomic E-state index is 0.0123. The predicted octanol–water partition coefficient (Wildman–Crippen LogP) is 3.02. The van der Waals surface area contributed by atoms with Gasteiger partial charge >= 0.3 is 0 Å². The van der Waals surface area contributed by atoms with Gasteiger partial charge < -0.3 is 14.6 Å². The van der Waals surface area contributed by atoms with Crippen LogP contribution in [0.1, 0.15) is 17.0 Å². The van der Waals surface area contributed by atoms with E-state index in [-0.39, 0.29) is 12.5 Å². The van der Waals surface area contributed by atoms with Gasteiger partial charge in [0.2, 0.25) is 0 Å². The Labute approximate surface area is 119 Å². The van der Waals surface area contributed by atoms with Gasteiger partial charge in [0.05, 0.1) is 20.8 Å². The van der Waals surface area contributed by atoms with Crippen molar-refractivity contribution in [1.29, 1.82) is 0 Å². The first-order valence-corrected chi connectivity index (χ1v) is 6.65. The first-order chi connectivity index (χ1) is 9.78. The molecule has 106 valence electrons. The number of methoxy groups -OCH3 is 2. The zero-order valence-corrected chi connectivity index (χ0v) is 11.9. The van der Waals surface area contributed by atoms with Crippen molar-refractivity contribution < 1.29 is 14.6 Å². The SMILES string of the molecule is COc1cccc(CC(CO)c2ccccc2OC)c1. The summed E-state index contributed by atoms with van der Waals surface area (Å²) in [6.45, 7) is 0.0809. The Morgan fingerprint density at radius 2 is 1.80 bits per heavy atom. The Kier molecular flexibility index (Phi) is 5.02. The Balaban J connectivity index is 2.24. The van der Waals surface area contributed by atoms with Crippen molar-refractivity contribution in [2.75, 3.05) is 20.8 Å². The van der Waals surface area contributed by atoms with Crippen LogP contribution >= 0.6 is 0 Å². The molecule has 0 spiro atoms. The fraction of sp³-hybridized carbons (Fsp3) is 0.294. The minimum atomic E-state index is 0.0123. The molecule has 1 atom stereocenters. The lowest BCUT2D eigenvalue weighted by molar-refractivity contribution is 0.261. The Bertz CT molecular complexity index is 551. The quantitative estimate of drug-likeness (QED) is 0.878. The van der Waals surface area contributed by atoms with Crippen LogP contribution in [0.4, 0.5) is 0 Å². The zero-order chi connectivity index (χ0) is 14.4. The second-order valence-corrected chi connectivity index (χ2v) is 4.68. The van der Waals surface area contributed by atoms with Gasteiger partial charge in [0.25, 0.3) is 0 Å². The summed E-state index contributed by atoms with van der Waals surface area (Å²) in [5.74, 6) is 1.66. The van der Waals surface area contributed by atoms with E-state index < -0.39 is 0 Å². The Hall–Kier alpha value is -2.00. The van der Waals surface area contributed by atoms with Crippen molar-refractivity contribution >= 4 is 0 Å². The lowest BCUT2D eigenvalue weighted by Gasteiger charge is -2.18. The summed E-state index contributed by atoms with van der Waals surface area (Å²) in [7, 11) is 3.31. The number of benzene rings is 2. The number of aliphatic hydroxyl groups excluding tert-OH is 1. The molecule has 1 unspecified atom stereocenters. The smallest absolute Gasteiger partial charge is 0.122 e. The van der Waals surface area contributed by atoms with E-state index in [1.807, 2.05) is 48.5 Å². The van der Waals surface area contributed by atoms with E-state index in [1.54, 1.807) is 14.2 Å². The molecule has 0 aliphatic heterocycles. The van der Waals surface area contributed by atoms with Crippen LogP contribution in [0.5, 0.6) is 11.5 Å². The molecule has 0 heterocycles. The van der Waals surface area contributed by atoms with Crippen molar-refractivity contribution in [3.63, 3.8) is 0 Å². The Morgan fingerprint density at radius 3 is 2.50 bits per heavy atom. The molecular weight excluding hydrogens is 252 g/mol. The lowest BCUT2D eigenvalue weighted by atomic mass is 9.92. The molecule has 0 amide bonds. The van der Waals surface area contributed by atoms with Gasteiger partial charge in [-0.3, -0.25) is 0 Å². The molecule has 0 radical (unpaired) electrons. The van der Waals surface area contributed by atoms with Crippen LogP contribution in [0.3, 0.4) is 0 Å². The van der Waals surface area contributed by atoms with Crippen molar-refractivity contribution in [3.8, 4) is 11.5 Å². The van der Waals surface area contributed by atoms with Crippen LogP contribution in [-0.2, 0) is 6.42 Å². The summed E-state index contributed by atoms with van der Waals surface area (Å²) in [5.41, 5.74) is 2.16. The third-order valence-electron chi connectivity index (χ3n) is 3.42. The van der Waals surface area contributed by atoms with Gasteiger partial charge in [0, 0.05) is 5.92 Å². The molecular formula is C17H20O3. The molecule has 3 nitrogen and oxygen atoms in total. The molecule has 3 heteroatoms. The monoisotopic (exact) mass is 272 g/mol. The number of para-hydroxylation sites is 1. The molecule has 0 fully saturated rings. The predicted molar refractivity (Wildman–Crippen MR) is 79.5 cm³/mol. The normalized spacial score (nSPS) is 11.9. The fourth-order valence-electron chi connectivity index (χ4n) is 2.36. The highest BCUT2D eigenvalue weighted by Gasteiger charge is 2.15. The van der Waals surface area contributed by atoms with Crippen LogP contribution in [0.25, 0.3) is 0 Å². The van der Waals surface area contributed by atoms with E-state index >= 15 is 0 Å². The van der Waals surface area contributed by atoms with E-state index in [0.717, 1.165) is 29.0 Å². The molecule has 0 saturated carbocycles. The summed E-state index contributed by atoms with van der Waals surface area (Å²) >= 11 is 0. The number of rotatable bonds is 6. The van der Waals surface area contributed by atoms with E-state index in [2.05, 4.69) is 0 Å². The molecule has 1 N–H and O–H groups in total. The van der Waals surface area contributed by atoms with Gasteiger partial charge in [-0.05, 0) is 35.7 Å². The molecule has 0 aromatic heterocycles. The summed E-state index contributed by atoms with van der Waals surface area (Å²) in [6, 6.07) is 15.7. The van der Waals surface area contributed by atoms with Crippen LogP contribution in [0.15, 0.2) is 48.5 Å². The average Bonchev–Trinajstić information content (AvgIpc) is 2.52. The van der Waals surface area contributed by atoms with E-state index in [1.165, 1.54) is 0 Å². The van der Waals surface area contributed by atoms with Gasteiger partial charge in [-0.2, -0.15) is 0 Å². The fourth-order valence-corrected chi connectivity index (χ4v) is 2.36. The van der Waals surface area contributed by atoms with Gasteiger partial charge in [0.15, 0.2) is 0 Å². The van der Waals surface area contributed by atoms with Gasteiger partial charge in [-0.1, -0.05) is 30.3 Å². The number of aliphatic hydroxyl groups is 1. The summed E-state index contributed by atoms with van der Waals surface area (Å²) in [4.78, 5) is 0. The lowest BCUT2D eigenvalue weighted by Crippen LogP contribution is -2.09. The minimum Gasteiger partial charge on any atom is -0.497 e.